The number of hydrogen-bond acceptors (Lipinski definition) is 4. The zero-order valence-electron chi connectivity index (χ0n) is 12.9. The average Bonchev–Trinajstić information content (AvgIpc) is 2.87. The molecule has 1 aliphatic rings. The molecular weight excluding hydrogens is 351 g/mol. The summed E-state index contributed by atoms with van der Waals surface area (Å²) in [6.07, 6.45) is 1.25. The van der Waals surface area contributed by atoms with Crippen LogP contribution in [0.25, 0.3) is 6.08 Å². The van der Waals surface area contributed by atoms with Gasteiger partial charge in [-0.2, -0.15) is 0 Å². The Kier molecular flexibility index (Phi) is 4.33. The number of nitrogens with zero attached hydrogens (tertiary/aromatic N) is 1. The van der Waals surface area contributed by atoms with Gasteiger partial charge in [0.15, 0.2) is 11.5 Å². The minimum atomic E-state index is -0.660. The first kappa shape index (κ1) is 16.8. The van der Waals surface area contributed by atoms with Crippen LogP contribution >= 0.6 is 11.6 Å². The quantitative estimate of drug-likeness (QED) is 0.650. The lowest BCUT2D eigenvalue weighted by Gasteiger charge is -2.14. The molecule has 0 unspecified atom stereocenters. The summed E-state index contributed by atoms with van der Waals surface area (Å²) < 4.78 is 18.3. The number of halogens is 2. The summed E-state index contributed by atoms with van der Waals surface area (Å²) in [6, 6.07) is 8.31. The second kappa shape index (κ2) is 6.45. The average molecular weight is 363 g/mol. The molecule has 0 bridgehead atoms. The van der Waals surface area contributed by atoms with E-state index in [1.54, 1.807) is 12.1 Å². The Labute approximate surface area is 147 Å². The van der Waals surface area contributed by atoms with Gasteiger partial charge in [0.2, 0.25) is 0 Å². The van der Waals surface area contributed by atoms with Crippen molar-refractivity contribution in [2.75, 3.05) is 12.1 Å². The Bertz CT molecular complexity index is 914. The molecule has 128 valence electrons. The van der Waals surface area contributed by atoms with Crippen molar-refractivity contribution in [3.8, 4) is 11.5 Å². The van der Waals surface area contributed by atoms with Gasteiger partial charge in [0, 0.05) is 5.56 Å². The van der Waals surface area contributed by atoms with Gasteiger partial charge in [-0.1, -0.05) is 23.7 Å². The number of aromatic hydroxyl groups is 1. The Balaban J connectivity index is 1.98. The van der Waals surface area contributed by atoms with Crippen LogP contribution < -0.4 is 15.2 Å². The number of benzene rings is 2. The van der Waals surface area contributed by atoms with Gasteiger partial charge in [0.05, 0.1) is 17.8 Å². The third kappa shape index (κ3) is 3.01. The SMILES string of the molecule is COc1cccc(/C=C2\C(=O)NN(c3ccc(F)c(Cl)c3)C2=O)c1O. The molecule has 8 heteroatoms. The van der Waals surface area contributed by atoms with Gasteiger partial charge in [-0.3, -0.25) is 15.0 Å². The summed E-state index contributed by atoms with van der Waals surface area (Å²) >= 11 is 5.71. The molecule has 0 radical (unpaired) electrons. The summed E-state index contributed by atoms with van der Waals surface area (Å²) in [6.45, 7) is 0. The number of rotatable bonds is 3. The summed E-state index contributed by atoms with van der Waals surface area (Å²) in [7, 11) is 1.39. The van der Waals surface area contributed by atoms with E-state index in [4.69, 9.17) is 16.3 Å². The fourth-order valence-electron chi connectivity index (χ4n) is 2.34. The number of anilines is 1. The molecule has 0 atom stereocenters. The highest BCUT2D eigenvalue weighted by Crippen LogP contribution is 2.32. The van der Waals surface area contributed by atoms with Crippen molar-refractivity contribution in [2.45, 2.75) is 0 Å². The number of phenols is 1. The lowest BCUT2D eigenvalue weighted by molar-refractivity contribution is -0.117. The van der Waals surface area contributed by atoms with Crippen LogP contribution in [-0.4, -0.2) is 24.0 Å². The van der Waals surface area contributed by atoms with Gasteiger partial charge in [-0.15, -0.1) is 0 Å². The van der Waals surface area contributed by atoms with E-state index in [9.17, 15) is 19.1 Å². The van der Waals surface area contributed by atoms with E-state index in [1.807, 2.05) is 0 Å². The largest absolute Gasteiger partial charge is 0.504 e. The van der Waals surface area contributed by atoms with E-state index in [0.29, 0.717) is 0 Å². The maximum Gasteiger partial charge on any atom is 0.282 e. The number of hydrazine groups is 1. The summed E-state index contributed by atoms with van der Waals surface area (Å²) in [4.78, 5) is 24.6. The lowest BCUT2D eigenvalue weighted by atomic mass is 10.1. The normalized spacial score (nSPS) is 15.6. The Morgan fingerprint density at radius 3 is 2.72 bits per heavy atom. The fourth-order valence-corrected chi connectivity index (χ4v) is 2.51. The molecule has 2 amide bonds. The highest BCUT2D eigenvalue weighted by Gasteiger charge is 2.35. The Morgan fingerprint density at radius 2 is 2.04 bits per heavy atom. The summed E-state index contributed by atoms with van der Waals surface area (Å²) in [5.41, 5.74) is 2.64. The van der Waals surface area contributed by atoms with Gasteiger partial charge in [0.25, 0.3) is 11.8 Å². The number of methoxy groups -OCH3 is 1. The van der Waals surface area contributed by atoms with Crippen LogP contribution in [0.2, 0.25) is 5.02 Å². The number of carbonyl (C=O) groups is 2. The Morgan fingerprint density at radius 1 is 1.28 bits per heavy atom. The van der Waals surface area contributed by atoms with E-state index in [-0.39, 0.29) is 33.3 Å². The van der Waals surface area contributed by atoms with Gasteiger partial charge >= 0.3 is 0 Å². The molecule has 0 aliphatic carbocycles. The standard InChI is InChI=1S/C17H12ClFN2O4/c1-25-14-4-2-3-9(15(14)22)7-11-16(23)20-21(17(11)24)10-5-6-13(19)12(18)8-10/h2-8,22H,1H3,(H,20,23)/b11-7+. The van der Waals surface area contributed by atoms with Gasteiger partial charge in [-0.05, 0) is 30.3 Å². The van der Waals surface area contributed by atoms with Crippen LogP contribution in [0.15, 0.2) is 42.0 Å². The van der Waals surface area contributed by atoms with Crippen molar-refractivity contribution in [1.29, 1.82) is 0 Å². The van der Waals surface area contributed by atoms with Crippen LogP contribution in [0.3, 0.4) is 0 Å². The van der Waals surface area contributed by atoms with Crippen LogP contribution in [0.4, 0.5) is 10.1 Å². The van der Waals surface area contributed by atoms with Crippen molar-refractivity contribution in [3.63, 3.8) is 0 Å². The molecule has 1 saturated heterocycles. The first-order valence-corrected chi connectivity index (χ1v) is 7.48. The van der Waals surface area contributed by atoms with Crippen molar-refractivity contribution in [3.05, 3.63) is 58.4 Å². The van der Waals surface area contributed by atoms with Crippen molar-refractivity contribution in [1.82, 2.24) is 5.43 Å². The van der Waals surface area contributed by atoms with Crippen molar-refractivity contribution in [2.24, 2.45) is 0 Å². The molecule has 2 aromatic rings. The first-order valence-electron chi connectivity index (χ1n) is 7.10. The van der Waals surface area contributed by atoms with Crippen LogP contribution in [0.1, 0.15) is 5.56 Å². The predicted octanol–water partition coefficient (Wildman–Crippen LogP) is 2.65. The summed E-state index contributed by atoms with van der Waals surface area (Å²) in [5, 5.41) is 10.9. The molecule has 2 N–H and O–H groups in total. The first-order chi connectivity index (χ1) is 11.9. The molecule has 3 rings (SSSR count). The van der Waals surface area contributed by atoms with E-state index >= 15 is 0 Å². The summed E-state index contributed by atoms with van der Waals surface area (Å²) in [5.74, 6) is -1.94. The van der Waals surface area contributed by atoms with E-state index in [1.165, 1.54) is 31.4 Å². The molecule has 1 aliphatic heterocycles. The number of para-hydroxylation sites is 1. The van der Waals surface area contributed by atoms with Crippen LogP contribution in [-0.2, 0) is 9.59 Å². The number of hydrogen-bond donors (Lipinski definition) is 2. The molecule has 0 spiro atoms. The molecule has 6 nitrogen and oxygen atoms in total. The number of carbonyl (C=O) groups excluding carboxylic acids is 2. The number of phenolic OH excluding ortho intramolecular Hbond substituents is 1. The molecule has 0 saturated carbocycles. The van der Waals surface area contributed by atoms with E-state index in [0.717, 1.165) is 11.1 Å². The lowest BCUT2D eigenvalue weighted by Crippen LogP contribution is -2.35. The molecular formula is C17H12ClFN2O4. The van der Waals surface area contributed by atoms with Crippen LogP contribution in [0.5, 0.6) is 11.5 Å². The number of nitrogens with one attached hydrogen (secondary N) is 1. The molecule has 25 heavy (non-hydrogen) atoms. The minimum absolute atomic E-state index is 0.178. The molecule has 0 aromatic heterocycles. The smallest absolute Gasteiger partial charge is 0.282 e. The molecule has 1 heterocycles. The van der Waals surface area contributed by atoms with Crippen molar-refractivity contribution < 1.29 is 23.8 Å². The topological polar surface area (TPSA) is 78.9 Å². The van der Waals surface area contributed by atoms with Gasteiger partial charge in [0.1, 0.15) is 11.4 Å². The van der Waals surface area contributed by atoms with Gasteiger partial charge < -0.3 is 9.84 Å². The fraction of sp³-hybridized carbons (Fsp3) is 0.0588. The highest BCUT2D eigenvalue weighted by molar-refractivity contribution is 6.33. The van der Waals surface area contributed by atoms with Crippen molar-refractivity contribution >= 4 is 35.2 Å². The zero-order valence-corrected chi connectivity index (χ0v) is 13.7. The predicted molar refractivity (Wildman–Crippen MR) is 89.7 cm³/mol. The minimum Gasteiger partial charge on any atom is -0.504 e. The molecule has 2 aromatic carbocycles. The van der Waals surface area contributed by atoms with Gasteiger partial charge in [-0.25, -0.2) is 9.40 Å². The number of ether oxygens (including phenoxy) is 1. The number of amides is 2. The van der Waals surface area contributed by atoms with E-state index < -0.39 is 17.6 Å². The Hall–Kier alpha value is -3.06. The van der Waals surface area contributed by atoms with Crippen LogP contribution in [0, 0.1) is 5.82 Å². The zero-order chi connectivity index (χ0) is 18.1. The second-order valence-electron chi connectivity index (χ2n) is 5.14. The highest BCUT2D eigenvalue weighted by atomic mass is 35.5. The maximum absolute atomic E-state index is 13.3. The van der Waals surface area contributed by atoms with E-state index in [2.05, 4.69) is 5.43 Å². The third-order valence-corrected chi connectivity index (χ3v) is 3.89. The molecule has 1 fully saturated rings. The third-order valence-electron chi connectivity index (χ3n) is 3.60. The second-order valence-corrected chi connectivity index (χ2v) is 5.54. The monoisotopic (exact) mass is 362 g/mol. The maximum atomic E-state index is 13.3.